The molecule has 0 radical (unpaired) electrons. The second-order valence-corrected chi connectivity index (χ2v) is 5.22. The number of alkyl halides is 2. The van der Waals surface area contributed by atoms with Gasteiger partial charge in [-0.05, 0) is 0 Å². The second-order valence-electron chi connectivity index (χ2n) is 5.22. The quantitative estimate of drug-likeness (QED) is 0.626. The third-order valence-electron chi connectivity index (χ3n) is 3.50. The zero-order valence-electron chi connectivity index (χ0n) is 13.5. The van der Waals surface area contributed by atoms with Gasteiger partial charge in [0.2, 0.25) is 0 Å². The lowest BCUT2D eigenvalue weighted by molar-refractivity contribution is -0.0500. The molecule has 0 saturated heterocycles. The number of halogens is 2. The normalized spacial score (nSPS) is 10.2. The first-order chi connectivity index (χ1) is 12.7. The number of nitriles is 1. The van der Waals surface area contributed by atoms with E-state index in [1.54, 1.807) is 0 Å². The minimum atomic E-state index is -2.98. The standard InChI is InChI=1S/C20H13F2N3O/c21-20(22)26-16-11-17(18(12-23)24-13-16)25-19(14-7-3-1-4-8-14)15-9-5-2-6-10-15/h1-11,13,20H. The summed E-state index contributed by atoms with van der Waals surface area (Å²) in [7, 11) is 0. The molecule has 6 heteroatoms. The highest BCUT2D eigenvalue weighted by Gasteiger charge is 2.12. The van der Waals surface area contributed by atoms with Gasteiger partial charge in [0.05, 0.1) is 11.9 Å². The van der Waals surface area contributed by atoms with Crippen molar-refractivity contribution in [2.45, 2.75) is 6.61 Å². The summed E-state index contributed by atoms with van der Waals surface area (Å²) in [5.41, 5.74) is 2.42. The molecule has 0 unspecified atom stereocenters. The van der Waals surface area contributed by atoms with E-state index in [-0.39, 0.29) is 17.1 Å². The van der Waals surface area contributed by atoms with Gasteiger partial charge in [-0.15, -0.1) is 0 Å². The van der Waals surface area contributed by atoms with Gasteiger partial charge in [-0.1, -0.05) is 60.7 Å². The maximum absolute atomic E-state index is 12.5. The van der Waals surface area contributed by atoms with E-state index in [0.717, 1.165) is 17.3 Å². The van der Waals surface area contributed by atoms with E-state index in [1.165, 1.54) is 6.07 Å². The van der Waals surface area contributed by atoms with E-state index < -0.39 is 6.61 Å². The van der Waals surface area contributed by atoms with Crippen molar-refractivity contribution >= 4 is 11.4 Å². The van der Waals surface area contributed by atoms with Gasteiger partial charge in [0.1, 0.15) is 17.5 Å². The maximum Gasteiger partial charge on any atom is 0.387 e. The Morgan fingerprint density at radius 1 is 1.00 bits per heavy atom. The maximum atomic E-state index is 12.5. The molecule has 0 bridgehead atoms. The largest absolute Gasteiger partial charge is 0.433 e. The summed E-state index contributed by atoms with van der Waals surface area (Å²) in [5.74, 6) is -0.154. The van der Waals surface area contributed by atoms with Gasteiger partial charge in [0, 0.05) is 17.2 Å². The molecule has 3 aromatic rings. The molecule has 0 saturated carbocycles. The van der Waals surface area contributed by atoms with Gasteiger partial charge >= 0.3 is 6.61 Å². The molecular weight excluding hydrogens is 336 g/mol. The number of aliphatic imine (C=N–C) groups is 1. The molecule has 0 aliphatic carbocycles. The van der Waals surface area contributed by atoms with E-state index in [1.807, 2.05) is 66.7 Å². The van der Waals surface area contributed by atoms with E-state index >= 15 is 0 Å². The van der Waals surface area contributed by atoms with Crippen molar-refractivity contribution in [3.63, 3.8) is 0 Å². The minimum absolute atomic E-state index is 0.0241. The number of hydrogen-bond acceptors (Lipinski definition) is 4. The zero-order valence-corrected chi connectivity index (χ0v) is 13.5. The second kappa shape index (κ2) is 7.99. The molecule has 3 rings (SSSR count). The van der Waals surface area contributed by atoms with Crippen LogP contribution in [0, 0.1) is 11.3 Å². The lowest BCUT2D eigenvalue weighted by Gasteiger charge is -2.09. The molecule has 0 fully saturated rings. The van der Waals surface area contributed by atoms with Crippen molar-refractivity contribution in [2.24, 2.45) is 4.99 Å². The van der Waals surface area contributed by atoms with Crippen LogP contribution in [0.1, 0.15) is 16.8 Å². The molecule has 26 heavy (non-hydrogen) atoms. The summed E-state index contributed by atoms with van der Waals surface area (Å²) in [6.07, 6.45) is 1.08. The Balaban J connectivity index is 2.15. The molecule has 0 aliphatic heterocycles. The van der Waals surface area contributed by atoms with Crippen LogP contribution in [0.3, 0.4) is 0 Å². The predicted octanol–water partition coefficient (Wildman–Crippen LogP) is 4.72. The Hall–Kier alpha value is -3.59. The molecule has 0 aliphatic rings. The molecule has 1 heterocycles. The molecule has 0 N–H and O–H groups in total. The molecule has 2 aromatic carbocycles. The highest BCUT2D eigenvalue weighted by molar-refractivity contribution is 6.14. The molecule has 4 nitrogen and oxygen atoms in total. The number of pyridine rings is 1. The highest BCUT2D eigenvalue weighted by Crippen LogP contribution is 2.26. The van der Waals surface area contributed by atoms with Crippen molar-refractivity contribution < 1.29 is 13.5 Å². The Labute approximate surface area is 149 Å². The first-order valence-electron chi connectivity index (χ1n) is 7.72. The predicted molar refractivity (Wildman–Crippen MR) is 93.8 cm³/mol. The SMILES string of the molecule is N#Cc1ncc(OC(F)F)cc1N=C(c1ccccc1)c1ccccc1. The van der Waals surface area contributed by atoms with Gasteiger partial charge in [-0.2, -0.15) is 14.0 Å². The first kappa shape index (κ1) is 17.2. The van der Waals surface area contributed by atoms with Crippen molar-refractivity contribution in [2.75, 3.05) is 0 Å². The average molecular weight is 349 g/mol. The Morgan fingerprint density at radius 2 is 1.58 bits per heavy atom. The number of hydrogen-bond donors (Lipinski definition) is 0. The van der Waals surface area contributed by atoms with Crippen LogP contribution in [0.4, 0.5) is 14.5 Å². The van der Waals surface area contributed by atoms with Gasteiger partial charge in [-0.3, -0.25) is 0 Å². The summed E-state index contributed by atoms with van der Waals surface area (Å²) < 4.78 is 29.3. The van der Waals surface area contributed by atoms with Crippen LogP contribution in [0.5, 0.6) is 5.75 Å². The van der Waals surface area contributed by atoms with Crippen molar-refractivity contribution in [3.8, 4) is 11.8 Å². The fourth-order valence-electron chi connectivity index (χ4n) is 2.38. The van der Waals surface area contributed by atoms with Crippen molar-refractivity contribution in [3.05, 3.63) is 89.7 Å². The van der Waals surface area contributed by atoms with Gasteiger partial charge in [0.25, 0.3) is 0 Å². The molecule has 0 amide bonds. The third kappa shape index (κ3) is 4.08. The summed E-state index contributed by atoms with van der Waals surface area (Å²) in [6.45, 7) is -2.98. The van der Waals surface area contributed by atoms with Gasteiger partial charge < -0.3 is 4.74 Å². The van der Waals surface area contributed by atoms with E-state index in [0.29, 0.717) is 5.71 Å². The Morgan fingerprint density at radius 3 is 2.08 bits per heavy atom. The highest BCUT2D eigenvalue weighted by atomic mass is 19.3. The molecule has 1 aromatic heterocycles. The molecular formula is C20H13F2N3O. The van der Waals surface area contributed by atoms with Crippen LogP contribution >= 0.6 is 0 Å². The van der Waals surface area contributed by atoms with Crippen LogP contribution < -0.4 is 4.74 Å². The van der Waals surface area contributed by atoms with Crippen LogP contribution in [0.2, 0.25) is 0 Å². The van der Waals surface area contributed by atoms with E-state index in [4.69, 9.17) is 0 Å². The molecule has 0 spiro atoms. The Kier molecular flexibility index (Phi) is 5.30. The monoisotopic (exact) mass is 349 g/mol. The van der Waals surface area contributed by atoms with Gasteiger partial charge in [0.15, 0.2) is 5.69 Å². The number of nitrogens with zero attached hydrogens (tertiary/aromatic N) is 3. The van der Waals surface area contributed by atoms with Gasteiger partial charge in [-0.25, -0.2) is 9.98 Å². The zero-order chi connectivity index (χ0) is 18.4. The first-order valence-corrected chi connectivity index (χ1v) is 7.72. The van der Waals surface area contributed by atoms with E-state index in [2.05, 4.69) is 14.7 Å². The number of rotatable bonds is 5. The summed E-state index contributed by atoms with van der Waals surface area (Å²) >= 11 is 0. The minimum Gasteiger partial charge on any atom is -0.433 e. The van der Waals surface area contributed by atoms with Crippen LogP contribution in [0.25, 0.3) is 0 Å². The van der Waals surface area contributed by atoms with Crippen molar-refractivity contribution in [1.29, 1.82) is 5.26 Å². The van der Waals surface area contributed by atoms with Crippen molar-refractivity contribution in [1.82, 2.24) is 4.98 Å². The summed E-state index contributed by atoms with van der Waals surface area (Å²) in [5, 5.41) is 9.27. The number of benzene rings is 2. The topological polar surface area (TPSA) is 58.3 Å². The summed E-state index contributed by atoms with van der Waals surface area (Å²) in [4.78, 5) is 8.41. The fraction of sp³-hybridized carbons (Fsp3) is 0.0500. The lowest BCUT2D eigenvalue weighted by atomic mass is 10.0. The fourth-order valence-corrected chi connectivity index (χ4v) is 2.38. The number of ether oxygens (including phenoxy) is 1. The summed E-state index contributed by atoms with van der Waals surface area (Å²) in [6, 6.07) is 22.0. The van der Waals surface area contributed by atoms with E-state index in [9.17, 15) is 14.0 Å². The number of aromatic nitrogens is 1. The molecule has 128 valence electrons. The average Bonchev–Trinajstić information content (AvgIpc) is 2.67. The van der Waals surface area contributed by atoms with Crippen LogP contribution in [-0.4, -0.2) is 17.3 Å². The van der Waals surface area contributed by atoms with Crippen LogP contribution in [0.15, 0.2) is 77.9 Å². The smallest absolute Gasteiger partial charge is 0.387 e. The Bertz CT molecular complexity index is 910. The lowest BCUT2D eigenvalue weighted by Crippen LogP contribution is -2.04. The van der Waals surface area contributed by atoms with Crippen LogP contribution in [-0.2, 0) is 0 Å². The third-order valence-corrected chi connectivity index (χ3v) is 3.50. The molecule has 0 atom stereocenters.